The lowest BCUT2D eigenvalue weighted by atomic mass is 9.72. The third-order valence-corrected chi connectivity index (χ3v) is 4.70. The Labute approximate surface area is 116 Å². The molecule has 1 atom stereocenters. The Hall–Kier alpha value is -1.56. The molecule has 0 radical (unpaired) electrons. The molecule has 0 nitrogen and oxygen atoms in total. The summed E-state index contributed by atoms with van der Waals surface area (Å²) in [5, 5.41) is 0. The minimum absolute atomic E-state index is 0.244. The summed E-state index contributed by atoms with van der Waals surface area (Å²) >= 11 is 0. The van der Waals surface area contributed by atoms with Crippen molar-refractivity contribution in [2.24, 2.45) is 0 Å². The van der Waals surface area contributed by atoms with Crippen LogP contribution in [-0.4, -0.2) is 0 Å². The van der Waals surface area contributed by atoms with Crippen LogP contribution in [0.5, 0.6) is 0 Å². The minimum Gasteiger partial charge on any atom is -0.0653 e. The van der Waals surface area contributed by atoms with Gasteiger partial charge in [0.1, 0.15) is 0 Å². The van der Waals surface area contributed by atoms with Gasteiger partial charge < -0.3 is 0 Å². The van der Waals surface area contributed by atoms with Crippen LogP contribution in [0.25, 0.3) is 11.1 Å². The monoisotopic (exact) mass is 250 g/mol. The third-order valence-electron chi connectivity index (χ3n) is 4.70. The summed E-state index contributed by atoms with van der Waals surface area (Å²) < 4.78 is 0. The maximum absolute atomic E-state index is 2.36. The van der Waals surface area contributed by atoms with E-state index in [-0.39, 0.29) is 5.41 Å². The molecule has 0 saturated heterocycles. The lowest BCUT2D eigenvalue weighted by Crippen LogP contribution is -2.23. The van der Waals surface area contributed by atoms with E-state index < -0.39 is 0 Å². The second-order valence-corrected chi connectivity index (χ2v) is 5.78. The number of hydrogen-bond donors (Lipinski definition) is 0. The summed E-state index contributed by atoms with van der Waals surface area (Å²) in [4.78, 5) is 0. The van der Waals surface area contributed by atoms with Gasteiger partial charge in [0.2, 0.25) is 0 Å². The number of hydrogen-bond acceptors (Lipinski definition) is 0. The molecule has 0 fully saturated rings. The van der Waals surface area contributed by atoms with Gasteiger partial charge in [-0.25, -0.2) is 0 Å². The van der Waals surface area contributed by atoms with Gasteiger partial charge >= 0.3 is 0 Å². The summed E-state index contributed by atoms with van der Waals surface area (Å²) in [7, 11) is 0. The molecule has 0 heterocycles. The van der Waals surface area contributed by atoms with Crippen molar-refractivity contribution in [3.8, 4) is 11.1 Å². The van der Waals surface area contributed by atoms with Crippen molar-refractivity contribution in [2.45, 2.75) is 45.4 Å². The van der Waals surface area contributed by atoms with Crippen LogP contribution in [0.15, 0.2) is 42.5 Å². The lowest BCUT2D eigenvalue weighted by molar-refractivity contribution is 0.461. The summed E-state index contributed by atoms with van der Waals surface area (Å²) in [6.07, 6.45) is 3.67. The van der Waals surface area contributed by atoms with Gasteiger partial charge in [0.05, 0.1) is 0 Å². The second kappa shape index (κ2) is 4.52. The van der Waals surface area contributed by atoms with Crippen LogP contribution < -0.4 is 0 Å². The Kier molecular flexibility index (Phi) is 2.97. The van der Waals surface area contributed by atoms with Gasteiger partial charge in [0, 0.05) is 5.41 Å². The Bertz CT molecular complexity index is 609. The highest BCUT2D eigenvalue weighted by molar-refractivity contribution is 5.81. The fourth-order valence-corrected chi connectivity index (χ4v) is 3.83. The summed E-state index contributed by atoms with van der Waals surface area (Å²) in [6.45, 7) is 6.82. The standard InChI is InChI=1S/C19H22/c1-4-12-19(5-2)17-9-7-6-8-15(17)16-13-14(3)10-11-18(16)19/h6-11,13H,4-5,12H2,1-3H3. The summed E-state index contributed by atoms with van der Waals surface area (Å²) in [5.41, 5.74) is 7.61. The first-order valence-corrected chi connectivity index (χ1v) is 7.44. The molecule has 0 bridgehead atoms. The van der Waals surface area contributed by atoms with Crippen LogP contribution in [-0.2, 0) is 5.41 Å². The first kappa shape index (κ1) is 12.5. The van der Waals surface area contributed by atoms with E-state index in [9.17, 15) is 0 Å². The van der Waals surface area contributed by atoms with E-state index in [1.165, 1.54) is 36.0 Å². The van der Waals surface area contributed by atoms with Crippen LogP contribution in [0, 0.1) is 6.92 Å². The van der Waals surface area contributed by atoms with E-state index in [1.54, 1.807) is 11.1 Å². The molecular formula is C19H22. The highest BCUT2D eigenvalue weighted by Gasteiger charge is 2.40. The normalized spacial score (nSPS) is 20.2. The predicted octanol–water partition coefficient (Wildman–Crippen LogP) is 5.47. The van der Waals surface area contributed by atoms with Gasteiger partial charge in [-0.15, -0.1) is 0 Å². The van der Waals surface area contributed by atoms with E-state index in [1.807, 2.05) is 0 Å². The fourth-order valence-electron chi connectivity index (χ4n) is 3.83. The first-order chi connectivity index (χ1) is 9.23. The Morgan fingerprint density at radius 2 is 1.63 bits per heavy atom. The molecule has 0 saturated carbocycles. The summed E-state index contributed by atoms with van der Waals surface area (Å²) in [5.74, 6) is 0. The zero-order valence-electron chi connectivity index (χ0n) is 12.2. The molecule has 19 heavy (non-hydrogen) atoms. The topological polar surface area (TPSA) is 0 Å². The summed E-state index contributed by atoms with van der Waals surface area (Å²) in [6, 6.07) is 16.0. The van der Waals surface area contributed by atoms with Gasteiger partial charge in [0.15, 0.2) is 0 Å². The number of aryl methyl sites for hydroxylation is 1. The van der Waals surface area contributed by atoms with E-state index >= 15 is 0 Å². The quantitative estimate of drug-likeness (QED) is 0.677. The highest BCUT2D eigenvalue weighted by atomic mass is 14.4. The SMILES string of the molecule is CCCC1(CC)c2ccccc2-c2cc(C)ccc21. The molecule has 1 aliphatic carbocycles. The van der Waals surface area contributed by atoms with Crippen LogP contribution in [0.1, 0.15) is 49.8 Å². The molecule has 3 rings (SSSR count). The molecular weight excluding hydrogens is 228 g/mol. The zero-order chi connectivity index (χ0) is 13.5. The molecule has 0 aromatic heterocycles. The van der Waals surface area contributed by atoms with E-state index in [4.69, 9.17) is 0 Å². The smallest absolute Gasteiger partial charge is 0.0212 e. The largest absolute Gasteiger partial charge is 0.0653 e. The van der Waals surface area contributed by atoms with E-state index in [0.29, 0.717) is 0 Å². The van der Waals surface area contributed by atoms with Crippen molar-refractivity contribution in [1.29, 1.82) is 0 Å². The maximum Gasteiger partial charge on any atom is 0.0212 e. The minimum atomic E-state index is 0.244. The van der Waals surface area contributed by atoms with Crippen molar-refractivity contribution >= 4 is 0 Å². The molecule has 0 heteroatoms. The van der Waals surface area contributed by atoms with Crippen molar-refractivity contribution in [1.82, 2.24) is 0 Å². The average molecular weight is 250 g/mol. The molecule has 0 spiro atoms. The molecule has 0 aliphatic heterocycles. The van der Waals surface area contributed by atoms with Crippen LogP contribution >= 0.6 is 0 Å². The molecule has 2 aromatic rings. The molecule has 2 aromatic carbocycles. The van der Waals surface area contributed by atoms with E-state index in [2.05, 4.69) is 63.2 Å². The molecule has 1 unspecified atom stereocenters. The number of fused-ring (bicyclic) bond motifs is 3. The van der Waals surface area contributed by atoms with Crippen molar-refractivity contribution in [2.75, 3.05) is 0 Å². The first-order valence-electron chi connectivity index (χ1n) is 7.44. The maximum atomic E-state index is 2.36. The number of benzene rings is 2. The van der Waals surface area contributed by atoms with E-state index in [0.717, 1.165) is 0 Å². The van der Waals surface area contributed by atoms with Crippen LogP contribution in [0.2, 0.25) is 0 Å². The van der Waals surface area contributed by atoms with Crippen molar-refractivity contribution in [3.05, 3.63) is 59.2 Å². The molecule has 0 N–H and O–H groups in total. The average Bonchev–Trinajstić information content (AvgIpc) is 2.70. The van der Waals surface area contributed by atoms with Gasteiger partial charge in [-0.3, -0.25) is 0 Å². The molecule has 98 valence electrons. The molecule has 1 aliphatic rings. The third kappa shape index (κ3) is 1.66. The Morgan fingerprint density at radius 1 is 0.895 bits per heavy atom. The van der Waals surface area contributed by atoms with Gasteiger partial charge in [-0.1, -0.05) is 68.3 Å². The van der Waals surface area contributed by atoms with Crippen LogP contribution in [0.3, 0.4) is 0 Å². The van der Waals surface area contributed by atoms with Gasteiger partial charge in [-0.2, -0.15) is 0 Å². The highest BCUT2D eigenvalue weighted by Crippen LogP contribution is 2.53. The Balaban J connectivity index is 2.33. The fraction of sp³-hybridized carbons (Fsp3) is 0.368. The van der Waals surface area contributed by atoms with Crippen molar-refractivity contribution < 1.29 is 0 Å². The van der Waals surface area contributed by atoms with Gasteiger partial charge in [-0.05, 0) is 42.0 Å². The zero-order valence-corrected chi connectivity index (χ0v) is 12.2. The number of rotatable bonds is 3. The second-order valence-electron chi connectivity index (χ2n) is 5.78. The Morgan fingerprint density at radius 3 is 2.37 bits per heavy atom. The predicted molar refractivity (Wildman–Crippen MR) is 82.6 cm³/mol. The van der Waals surface area contributed by atoms with Crippen molar-refractivity contribution in [3.63, 3.8) is 0 Å². The lowest BCUT2D eigenvalue weighted by Gasteiger charge is -2.30. The van der Waals surface area contributed by atoms with Gasteiger partial charge in [0.25, 0.3) is 0 Å². The van der Waals surface area contributed by atoms with Crippen LogP contribution in [0.4, 0.5) is 0 Å². The molecule has 0 amide bonds.